The zero-order valence-electron chi connectivity index (χ0n) is 23.4. The zero-order chi connectivity index (χ0) is 28.9. The molecular formula is C28H48O8Sn. The third kappa shape index (κ3) is 34.2. The molecule has 0 aliphatic carbocycles. The van der Waals surface area contributed by atoms with Crippen LogP contribution in [0.3, 0.4) is 0 Å². The number of hydrogen-bond donors (Lipinski definition) is 0. The minimum absolute atomic E-state index is 0.159. The van der Waals surface area contributed by atoms with Crippen molar-refractivity contribution in [3.8, 4) is 0 Å². The van der Waals surface area contributed by atoms with Gasteiger partial charge in [-0.3, -0.25) is 0 Å². The Morgan fingerprint density at radius 2 is 0.838 bits per heavy atom. The number of carboxylic acids is 4. The van der Waals surface area contributed by atoms with E-state index in [2.05, 4.69) is 13.8 Å². The van der Waals surface area contributed by atoms with E-state index in [1.807, 2.05) is 13.8 Å². The van der Waals surface area contributed by atoms with Gasteiger partial charge in [-0.2, -0.15) is 0 Å². The summed E-state index contributed by atoms with van der Waals surface area (Å²) in [4.78, 5) is 41.1. The molecule has 8 nitrogen and oxygen atoms in total. The van der Waals surface area contributed by atoms with Gasteiger partial charge >= 0.3 is 69.5 Å². The molecule has 0 aromatic rings. The van der Waals surface area contributed by atoms with E-state index in [-0.39, 0.29) is 45.1 Å². The number of aliphatic carboxylic acids is 4. The van der Waals surface area contributed by atoms with Crippen molar-refractivity contribution in [1.29, 1.82) is 0 Å². The predicted octanol–water partition coefficient (Wildman–Crippen LogP) is 1.36. The average molecular weight is 631 g/mol. The van der Waals surface area contributed by atoms with Crippen molar-refractivity contribution in [2.45, 2.75) is 126 Å². The third-order valence-corrected chi connectivity index (χ3v) is 11.1. The Kier molecular flexibility index (Phi) is 32.6. The van der Waals surface area contributed by atoms with Crippen LogP contribution in [0, 0.1) is 0 Å². The summed E-state index contributed by atoms with van der Waals surface area (Å²) < 4.78 is 3.33. The molecule has 0 saturated heterocycles. The van der Waals surface area contributed by atoms with E-state index < -0.39 is 23.9 Å². The fourth-order valence-corrected chi connectivity index (χ4v) is 9.15. The van der Waals surface area contributed by atoms with Crippen molar-refractivity contribution in [2.24, 2.45) is 0 Å². The van der Waals surface area contributed by atoms with Gasteiger partial charge in [-0.05, 0) is 49.0 Å². The van der Waals surface area contributed by atoms with Gasteiger partial charge in [0.15, 0.2) is 0 Å². The fraction of sp³-hybridized carbons (Fsp3) is 0.714. The standard InChI is InChI=1S/2C10H16O4.2C4H9.Sn.2H/c2*1-2-3-4-5-6-8(10(13)14)7-9(11)12;2*1-3-4-2;;;/h2*7H,2-6H2,1H3,(H,11,12)(H,13,14);2*1,3-4H2,2H3;;;/q;;;;+4;;/p-4/b2*8-7-;;;;;. The van der Waals surface area contributed by atoms with Gasteiger partial charge in [-0.25, -0.2) is 0 Å². The van der Waals surface area contributed by atoms with E-state index in [1.54, 1.807) is 8.87 Å². The van der Waals surface area contributed by atoms with Crippen LogP contribution in [0.25, 0.3) is 0 Å². The van der Waals surface area contributed by atoms with Crippen LogP contribution in [0.1, 0.15) is 118 Å². The molecule has 0 aromatic heterocycles. The monoisotopic (exact) mass is 632 g/mol. The molecule has 0 spiro atoms. The van der Waals surface area contributed by atoms with Crippen molar-refractivity contribution in [2.75, 3.05) is 0 Å². The molecule has 0 unspecified atom stereocenters. The Morgan fingerprint density at radius 3 is 1.08 bits per heavy atom. The van der Waals surface area contributed by atoms with Gasteiger partial charge in [-0.1, -0.05) is 52.4 Å². The average Bonchev–Trinajstić information content (AvgIpc) is 2.83. The van der Waals surface area contributed by atoms with Gasteiger partial charge in [0.25, 0.3) is 0 Å². The van der Waals surface area contributed by atoms with Crippen LogP contribution in [-0.2, 0) is 19.2 Å². The van der Waals surface area contributed by atoms with Gasteiger partial charge in [0, 0.05) is 0 Å². The van der Waals surface area contributed by atoms with Gasteiger partial charge in [0.2, 0.25) is 0 Å². The molecule has 0 fully saturated rings. The minimum atomic E-state index is -1.49. The van der Waals surface area contributed by atoms with E-state index in [1.165, 1.54) is 25.7 Å². The number of carbonyl (C=O) groups excluding carboxylic acids is 4. The maximum absolute atomic E-state index is 10.4. The van der Waals surface area contributed by atoms with Crippen molar-refractivity contribution < 1.29 is 39.6 Å². The van der Waals surface area contributed by atoms with Crippen LogP contribution >= 0.6 is 0 Å². The van der Waals surface area contributed by atoms with Crippen LogP contribution < -0.4 is 20.4 Å². The Hall–Kier alpha value is -1.84. The molecule has 0 amide bonds. The van der Waals surface area contributed by atoms with E-state index in [0.29, 0.717) is 25.0 Å². The number of carboxylic acid groups (broad SMARTS) is 4. The predicted molar refractivity (Wildman–Crippen MR) is 142 cm³/mol. The van der Waals surface area contributed by atoms with Crippen molar-refractivity contribution >= 4 is 45.0 Å². The zero-order valence-corrected chi connectivity index (χ0v) is 27.5. The molecule has 0 aliphatic heterocycles. The van der Waals surface area contributed by atoms with Gasteiger partial charge < -0.3 is 39.6 Å². The Morgan fingerprint density at radius 1 is 0.514 bits per heavy atom. The molecule has 4 radical (unpaired) electrons. The summed E-state index contributed by atoms with van der Waals surface area (Å²) in [5.41, 5.74) is -0.387. The van der Waals surface area contributed by atoms with E-state index >= 15 is 0 Å². The van der Waals surface area contributed by atoms with Gasteiger partial charge in [-0.15, -0.1) is 0 Å². The summed E-state index contributed by atoms with van der Waals surface area (Å²) in [5, 5.41) is 41.1. The second kappa shape index (κ2) is 30.4. The number of rotatable bonds is 20. The number of hydrogen-bond acceptors (Lipinski definition) is 8. The summed E-state index contributed by atoms with van der Waals surface area (Å²) >= 11 is -0.159. The second-order valence-electron chi connectivity index (χ2n) is 8.94. The Balaban J connectivity index is -0.000000481. The van der Waals surface area contributed by atoms with Crippen molar-refractivity contribution in [1.82, 2.24) is 0 Å². The molecule has 0 saturated carbocycles. The molecule has 0 atom stereocenters. The SMILES string of the molecule is CCCCCC/C(=C/C(=O)[O-])C(=O)[O-].CCCCCC/C(=C/C(=O)[O-])C(=O)[O-].CCC[CH2][SnH2+4][CH2]CCC. The first kappa shape index (κ1) is 39.7. The molecule has 212 valence electrons. The van der Waals surface area contributed by atoms with Crippen molar-refractivity contribution in [3.05, 3.63) is 23.3 Å². The molecule has 0 aromatic carbocycles. The third-order valence-electron chi connectivity index (χ3n) is 5.41. The first-order valence-electron chi connectivity index (χ1n) is 13.8. The Labute approximate surface area is 233 Å². The van der Waals surface area contributed by atoms with E-state index in [9.17, 15) is 39.6 Å². The molecule has 37 heavy (non-hydrogen) atoms. The van der Waals surface area contributed by atoms with Crippen molar-refractivity contribution in [3.63, 3.8) is 0 Å². The van der Waals surface area contributed by atoms with Gasteiger partial charge in [0.05, 0.1) is 23.9 Å². The first-order chi connectivity index (χ1) is 17.6. The van der Waals surface area contributed by atoms with Crippen LogP contribution in [0.4, 0.5) is 0 Å². The molecule has 0 heterocycles. The summed E-state index contributed by atoms with van der Waals surface area (Å²) in [7, 11) is 0. The van der Waals surface area contributed by atoms with E-state index in [0.717, 1.165) is 38.5 Å². The molecule has 9 heteroatoms. The molecule has 0 aliphatic rings. The summed E-state index contributed by atoms with van der Waals surface area (Å²) in [6.07, 6.45) is 14.8. The van der Waals surface area contributed by atoms with Gasteiger partial charge in [0.1, 0.15) is 0 Å². The summed E-state index contributed by atoms with van der Waals surface area (Å²) in [5.74, 6) is -5.82. The first-order valence-corrected chi connectivity index (χ1v) is 19.5. The van der Waals surface area contributed by atoms with Crippen LogP contribution in [0.5, 0.6) is 0 Å². The number of unbranched alkanes of at least 4 members (excludes halogenated alkanes) is 8. The fourth-order valence-electron chi connectivity index (χ4n) is 3.27. The summed E-state index contributed by atoms with van der Waals surface area (Å²) in [6, 6.07) is 0. The summed E-state index contributed by atoms with van der Waals surface area (Å²) in [6.45, 7) is 8.67. The quantitative estimate of drug-likeness (QED) is 0.111. The Bertz CT molecular complexity index is 615. The molecule has 0 bridgehead atoms. The molecule has 0 rings (SSSR count). The second-order valence-corrected chi connectivity index (χ2v) is 15.0. The maximum atomic E-state index is 10.4. The number of carbonyl (C=O) groups is 4. The van der Waals surface area contributed by atoms with Crippen LogP contribution in [0.15, 0.2) is 23.3 Å². The molecule has 0 N–H and O–H groups in total. The van der Waals surface area contributed by atoms with Crippen LogP contribution in [0.2, 0.25) is 8.87 Å². The van der Waals surface area contributed by atoms with Crippen LogP contribution in [-0.4, -0.2) is 45.0 Å². The van der Waals surface area contributed by atoms with E-state index in [4.69, 9.17) is 0 Å². The topological polar surface area (TPSA) is 161 Å². The molecular weight excluding hydrogens is 583 g/mol. The normalized spacial score (nSPS) is 11.0.